The topological polar surface area (TPSA) is 84.5 Å². The molecule has 2 amide bonds. The lowest BCUT2D eigenvalue weighted by atomic mass is 10.1. The molecule has 124 valence electrons. The summed E-state index contributed by atoms with van der Waals surface area (Å²) < 4.78 is 3.81. The van der Waals surface area contributed by atoms with Crippen molar-refractivity contribution in [2.75, 3.05) is 19.0 Å². The third-order valence-corrected chi connectivity index (χ3v) is 4.80. The maximum atomic E-state index is 11.8. The lowest BCUT2D eigenvalue weighted by Gasteiger charge is -2.12. The molecule has 0 aliphatic heterocycles. The number of carbonyl (C=O) groups excluding carboxylic acids is 3. The van der Waals surface area contributed by atoms with Gasteiger partial charge in [-0.05, 0) is 31.2 Å². The molecule has 0 radical (unpaired) electrons. The molecule has 1 aromatic rings. The monoisotopic (exact) mass is 358 g/mol. The third-order valence-electron chi connectivity index (χ3n) is 3.70. The summed E-state index contributed by atoms with van der Waals surface area (Å²) in [5.74, 6) is -1.32. The first-order valence-electron chi connectivity index (χ1n) is 6.87. The maximum absolute atomic E-state index is 11.8. The van der Waals surface area contributed by atoms with Gasteiger partial charge >= 0.3 is 5.97 Å². The Labute approximate surface area is 143 Å². The zero-order valence-corrected chi connectivity index (χ0v) is 14.1. The van der Waals surface area contributed by atoms with E-state index in [2.05, 4.69) is 10.6 Å². The molecule has 0 bridgehead atoms. The SMILES string of the molecule is CNC(=O)c1ccc(NC(=O)COC(=O)[C@@]2(C)CC2(Cl)Cl)cc1. The number of rotatable bonds is 5. The Hall–Kier alpha value is -1.79. The average molecular weight is 359 g/mol. The molecule has 1 fully saturated rings. The smallest absolute Gasteiger partial charge is 0.315 e. The van der Waals surface area contributed by atoms with E-state index in [0.717, 1.165) is 0 Å². The van der Waals surface area contributed by atoms with Crippen molar-refractivity contribution in [1.82, 2.24) is 5.32 Å². The molecular weight excluding hydrogens is 343 g/mol. The van der Waals surface area contributed by atoms with Crippen LogP contribution in [0.25, 0.3) is 0 Å². The van der Waals surface area contributed by atoms with E-state index in [4.69, 9.17) is 27.9 Å². The Morgan fingerprint density at radius 1 is 1.22 bits per heavy atom. The van der Waals surface area contributed by atoms with Gasteiger partial charge in [0.05, 0.1) is 0 Å². The van der Waals surface area contributed by atoms with E-state index in [-0.39, 0.29) is 5.91 Å². The molecule has 0 unspecified atom stereocenters. The van der Waals surface area contributed by atoms with Crippen LogP contribution in [-0.2, 0) is 14.3 Å². The molecule has 6 nitrogen and oxygen atoms in total. The van der Waals surface area contributed by atoms with Crippen LogP contribution in [0.4, 0.5) is 5.69 Å². The fourth-order valence-electron chi connectivity index (χ4n) is 1.96. The first-order valence-corrected chi connectivity index (χ1v) is 7.62. The minimum absolute atomic E-state index is 0.222. The van der Waals surface area contributed by atoms with E-state index in [1.807, 2.05) is 0 Å². The van der Waals surface area contributed by atoms with E-state index < -0.39 is 28.2 Å². The van der Waals surface area contributed by atoms with Crippen LogP contribution < -0.4 is 10.6 Å². The molecule has 0 saturated heterocycles. The van der Waals surface area contributed by atoms with Crippen molar-refractivity contribution in [3.63, 3.8) is 0 Å². The fourth-order valence-corrected chi connectivity index (χ4v) is 2.65. The van der Waals surface area contributed by atoms with Crippen molar-refractivity contribution in [2.24, 2.45) is 5.41 Å². The van der Waals surface area contributed by atoms with Gasteiger partial charge in [-0.15, -0.1) is 23.2 Å². The number of nitrogens with one attached hydrogen (secondary N) is 2. The van der Waals surface area contributed by atoms with Gasteiger partial charge in [-0.1, -0.05) is 0 Å². The van der Waals surface area contributed by atoms with Crippen molar-refractivity contribution in [1.29, 1.82) is 0 Å². The number of halogens is 2. The maximum Gasteiger partial charge on any atom is 0.315 e. The van der Waals surface area contributed by atoms with Gasteiger partial charge in [0, 0.05) is 24.7 Å². The molecule has 1 aromatic carbocycles. The molecule has 2 N–H and O–H groups in total. The number of carbonyl (C=O) groups is 3. The van der Waals surface area contributed by atoms with Crippen molar-refractivity contribution in [2.45, 2.75) is 17.7 Å². The van der Waals surface area contributed by atoms with Gasteiger partial charge < -0.3 is 15.4 Å². The second-order valence-corrected chi connectivity index (χ2v) is 6.98. The van der Waals surface area contributed by atoms with Crippen LogP contribution in [0.3, 0.4) is 0 Å². The van der Waals surface area contributed by atoms with Gasteiger partial charge in [0.25, 0.3) is 11.8 Å². The summed E-state index contributed by atoms with van der Waals surface area (Å²) in [6.07, 6.45) is 0.296. The van der Waals surface area contributed by atoms with Gasteiger partial charge in [0.1, 0.15) is 9.75 Å². The first kappa shape index (κ1) is 17.6. The molecule has 0 heterocycles. The lowest BCUT2D eigenvalue weighted by Crippen LogP contribution is -2.26. The predicted molar refractivity (Wildman–Crippen MR) is 86.6 cm³/mol. The van der Waals surface area contributed by atoms with E-state index >= 15 is 0 Å². The van der Waals surface area contributed by atoms with E-state index in [0.29, 0.717) is 17.7 Å². The fraction of sp³-hybridized carbons (Fsp3) is 0.400. The zero-order chi connectivity index (χ0) is 17.3. The predicted octanol–water partition coefficient (Wildman–Crippen LogP) is 2.11. The summed E-state index contributed by atoms with van der Waals surface area (Å²) in [5, 5.41) is 5.06. The molecule has 1 saturated carbocycles. The van der Waals surface area contributed by atoms with E-state index in [1.54, 1.807) is 31.2 Å². The minimum atomic E-state index is -1.13. The lowest BCUT2D eigenvalue weighted by molar-refractivity contribution is -0.152. The summed E-state index contributed by atoms with van der Waals surface area (Å²) in [6.45, 7) is 1.15. The van der Waals surface area contributed by atoms with Gasteiger partial charge in [-0.25, -0.2) is 0 Å². The average Bonchev–Trinajstić information content (AvgIpc) is 3.04. The van der Waals surface area contributed by atoms with Crippen LogP contribution in [0.2, 0.25) is 0 Å². The van der Waals surface area contributed by atoms with Crippen molar-refractivity contribution < 1.29 is 19.1 Å². The second-order valence-electron chi connectivity index (χ2n) is 5.49. The number of alkyl halides is 2. The highest BCUT2D eigenvalue weighted by atomic mass is 35.5. The Balaban J connectivity index is 1.83. The molecule has 0 spiro atoms. The summed E-state index contributed by atoms with van der Waals surface area (Å²) in [6, 6.07) is 6.30. The van der Waals surface area contributed by atoms with Crippen LogP contribution in [0.15, 0.2) is 24.3 Å². The number of hydrogen-bond donors (Lipinski definition) is 2. The van der Waals surface area contributed by atoms with Gasteiger partial charge in [-0.3, -0.25) is 14.4 Å². The first-order chi connectivity index (χ1) is 10.7. The number of ether oxygens (including phenoxy) is 1. The zero-order valence-electron chi connectivity index (χ0n) is 12.6. The minimum Gasteiger partial charge on any atom is -0.455 e. The summed E-state index contributed by atoms with van der Waals surface area (Å²) in [7, 11) is 1.53. The van der Waals surface area contributed by atoms with Crippen LogP contribution in [0.5, 0.6) is 0 Å². The summed E-state index contributed by atoms with van der Waals surface area (Å²) in [5.41, 5.74) is -0.00882. The van der Waals surface area contributed by atoms with Gasteiger partial charge in [0.2, 0.25) is 0 Å². The van der Waals surface area contributed by atoms with Crippen LogP contribution in [0.1, 0.15) is 23.7 Å². The summed E-state index contributed by atoms with van der Waals surface area (Å²) in [4.78, 5) is 35.0. The number of amides is 2. The molecule has 1 aliphatic rings. The van der Waals surface area contributed by atoms with Crippen LogP contribution in [0, 0.1) is 5.41 Å². The second kappa shape index (κ2) is 6.37. The molecule has 1 aliphatic carbocycles. The normalized spacial score (nSPS) is 21.2. The molecule has 23 heavy (non-hydrogen) atoms. The molecule has 0 aromatic heterocycles. The Morgan fingerprint density at radius 3 is 2.26 bits per heavy atom. The Bertz CT molecular complexity index is 645. The van der Waals surface area contributed by atoms with E-state index in [1.165, 1.54) is 7.05 Å². The summed E-state index contributed by atoms with van der Waals surface area (Å²) >= 11 is 11.7. The van der Waals surface area contributed by atoms with Gasteiger partial charge in [-0.2, -0.15) is 0 Å². The molecular formula is C15H16Cl2N2O4. The quantitative estimate of drug-likeness (QED) is 0.623. The number of esters is 1. The van der Waals surface area contributed by atoms with Crippen molar-refractivity contribution in [3.05, 3.63) is 29.8 Å². The molecule has 2 rings (SSSR count). The highest BCUT2D eigenvalue weighted by molar-refractivity contribution is 6.53. The van der Waals surface area contributed by atoms with E-state index in [9.17, 15) is 14.4 Å². The highest BCUT2D eigenvalue weighted by Crippen LogP contribution is 2.64. The largest absolute Gasteiger partial charge is 0.455 e. The molecule has 8 heteroatoms. The Kier molecular flexibility index (Phi) is 4.87. The number of hydrogen-bond acceptors (Lipinski definition) is 4. The Morgan fingerprint density at radius 2 is 1.78 bits per heavy atom. The molecule has 1 atom stereocenters. The third kappa shape index (κ3) is 3.76. The van der Waals surface area contributed by atoms with Crippen molar-refractivity contribution >= 4 is 46.7 Å². The number of anilines is 1. The van der Waals surface area contributed by atoms with Gasteiger partial charge in [0.15, 0.2) is 6.61 Å². The highest BCUT2D eigenvalue weighted by Gasteiger charge is 2.69. The van der Waals surface area contributed by atoms with Crippen LogP contribution >= 0.6 is 23.2 Å². The van der Waals surface area contributed by atoms with Crippen LogP contribution in [-0.4, -0.2) is 35.8 Å². The standard InChI is InChI=1S/C15H16Cl2N2O4/c1-14(8-15(14,16)17)13(22)23-7-11(20)19-10-5-3-9(4-6-10)12(21)18-2/h3-6H,7-8H2,1-2H3,(H,18,21)(H,19,20)/t14-/m1/s1. The number of benzene rings is 1. The van der Waals surface area contributed by atoms with Crippen molar-refractivity contribution in [3.8, 4) is 0 Å².